The van der Waals surface area contributed by atoms with Crippen LogP contribution >= 0.6 is 0 Å². The molecule has 0 aliphatic heterocycles. The summed E-state index contributed by atoms with van der Waals surface area (Å²) in [5.41, 5.74) is 6.28. The van der Waals surface area contributed by atoms with Gasteiger partial charge in [-0.1, -0.05) is 44.2 Å². The molecule has 1 aromatic carbocycles. The van der Waals surface area contributed by atoms with Crippen molar-refractivity contribution in [1.82, 2.24) is 10.2 Å². The summed E-state index contributed by atoms with van der Waals surface area (Å²) in [6.45, 7) is 4.01. The molecule has 0 radical (unpaired) electrons. The van der Waals surface area contributed by atoms with Crippen LogP contribution in [0.15, 0.2) is 30.3 Å². The van der Waals surface area contributed by atoms with Crippen molar-refractivity contribution in [2.75, 3.05) is 20.1 Å². The van der Waals surface area contributed by atoms with Crippen LogP contribution in [0.2, 0.25) is 0 Å². The Labute approximate surface area is 120 Å². The zero-order valence-corrected chi connectivity index (χ0v) is 12.3. The SMILES string of the molecule is CC(C)C(c1ccccc1)N(C)C(=O)CNC(=O)CN. The largest absolute Gasteiger partial charge is 0.346 e. The molecule has 20 heavy (non-hydrogen) atoms. The van der Waals surface area contributed by atoms with Crippen LogP contribution in [0.5, 0.6) is 0 Å². The van der Waals surface area contributed by atoms with Gasteiger partial charge in [0.15, 0.2) is 0 Å². The normalized spacial score (nSPS) is 12.1. The molecule has 0 bridgehead atoms. The fourth-order valence-electron chi connectivity index (χ4n) is 2.23. The molecule has 0 saturated heterocycles. The molecule has 0 spiro atoms. The standard InChI is InChI=1S/C15H23N3O2/c1-11(2)15(12-7-5-4-6-8-12)18(3)14(20)10-17-13(19)9-16/h4-8,11,15H,9-10,16H2,1-3H3,(H,17,19). The Morgan fingerprint density at radius 3 is 2.35 bits per heavy atom. The number of likely N-dealkylation sites (N-methyl/N-ethyl adjacent to an activating group) is 1. The smallest absolute Gasteiger partial charge is 0.242 e. The molecule has 1 rings (SSSR count). The molecule has 0 aliphatic rings. The number of nitrogens with one attached hydrogen (secondary N) is 1. The van der Waals surface area contributed by atoms with E-state index in [1.165, 1.54) is 0 Å². The van der Waals surface area contributed by atoms with E-state index in [1.807, 2.05) is 30.3 Å². The molecule has 1 unspecified atom stereocenters. The minimum absolute atomic E-state index is 0.0153. The second-order valence-electron chi connectivity index (χ2n) is 5.09. The first-order chi connectivity index (χ1) is 9.47. The summed E-state index contributed by atoms with van der Waals surface area (Å²) in [6.07, 6.45) is 0. The Morgan fingerprint density at radius 2 is 1.85 bits per heavy atom. The van der Waals surface area contributed by atoms with Crippen LogP contribution in [0.1, 0.15) is 25.5 Å². The molecule has 0 heterocycles. The molecule has 1 atom stereocenters. The maximum atomic E-state index is 12.2. The van der Waals surface area contributed by atoms with Gasteiger partial charge in [-0.25, -0.2) is 0 Å². The number of rotatable bonds is 6. The van der Waals surface area contributed by atoms with Crippen molar-refractivity contribution in [3.05, 3.63) is 35.9 Å². The lowest BCUT2D eigenvalue weighted by Crippen LogP contribution is -2.42. The third-order valence-corrected chi connectivity index (χ3v) is 3.21. The first-order valence-corrected chi connectivity index (χ1v) is 6.74. The van der Waals surface area contributed by atoms with Crippen molar-refractivity contribution in [3.8, 4) is 0 Å². The molecule has 0 fully saturated rings. The van der Waals surface area contributed by atoms with Gasteiger partial charge >= 0.3 is 0 Å². The number of nitrogens with zero attached hydrogens (tertiary/aromatic N) is 1. The Morgan fingerprint density at radius 1 is 1.25 bits per heavy atom. The highest BCUT2D eigenvalue weighted by Gasteiger charge is 2.24. The highest BCUT2D eigenvalue weighted by atomic mass is 16.2. The summed E-state index contributed by atoms with van der Waals surface area (Å²) in [5.74, 6) is -0.182. The summed E-state index contributed by atoms with van der Waals surface area (Å²) in [7, 11) is 1.76. The van der Waals surface area contributed by atoms with Gasteiger partial charge in [0.2, 0.25) is 11.8 Å². The van der Waals surface area contributed by atoms with E-state index in [1.54, 1.807) is 11.9 Å². The zero-order valence-electron chi connectivity index (χ0n) is 12.3. The summed E-state index contributed by atoms with van der Waals surface area (Å²) in [5, 5.41) is 2.50. The van der Waals surface area contributed by atoms with E-state index in [4.69, 9.17) is 5.73 Å². The van der Waals surface area contributed by atoms with Crippen LogP contribution in [0.25, 0.3) is 0 Å². The molecule has 3 N–H and O–H groups in total. The first kappa shape index (κ1) is 16.2. The van der Waals surface area contributed by atoms with E-state index in [9.17, 15) is 9.59 Å². The quantitative estimate of drug-likeness (QED) is 0.812. The van der Waals surface area contributed by atoms with Gasteiger partial charge in [0.1, 0.15) is 0 Å². The zero-order chi connectivity index (χ0) is 15.1. The molecule has 0 saturated carbocycles. The highest BCUT2D eigenvalue weighted by Crippen LogP contribution is 2.27. The van der Waals surface area contributed by atoms with Crippen LogP contribution < -0.4 is 11.1 Å². The minimum atomic E-state index is -0.326. The lowest BCUT2D eigenvalue weighted by atomic mass is 9.94. The molecule has 5 heteroatoms. The molecule has 2 amide bonds. The van der Waals surface area contributed by atoms with Crippen molar-refractivity contribution in [3.63, 3.8) is 0 Å². The van der Waals surface area contributed by atoms with E-state index >= 15 is 0 Å². The third-order valence-electron chi connectivity index (χ3n) is 3.21. The number of carbonyl (C=O) groups is 2. The van der Waals surface area contributed by atoms with Gasteiger partial charge in [-0.05, 0) is 11.5 Å². The maximum Gasteiger partial charge on any atom is 0.242 e. The Kier molecular flexibility index (Phi) is 6.18. The van der Waals surface area contributed by atoms with Crippen molar-refractivity contribution in [2.45, 2.75) is 19.9 Å². The fraction of sp³-hybridized carbons (Fsp3) is 0.467. The van der Waals surface area contributed by atoms with Crippen LogP contribution in [0, 0.1) is 5.92 Å². The molecule has 5 nitrogen and oxygen atoms in total. The van der Waals surface area contributed by atoms with E-state index in [0.717, 1.165) is 5.56 Å². The fourth-order valence-corrected chi connectivity index (χ4v) is 2.23. The van der Waals surface area contributed by atoms with E-state index < -0.39 is 0 Å². The van der Waals surface area contributed by atoms with Gasteiger partial charge in [-0.2, -0.15) is 0 Å². The summed E-state index contributed by atoms with van der Waals surface area (Å²) < 4.78 is 0. The molecule has 1 aromatic rings. The van der Waals surface area contributed by atoms with Crippen LogP contribution in [-0.4, -0.2) is 36.9 Å². The van der Waals surface area contributed by atoms with E-state index in [-0.39, 0.29) is 36.9 Å². The van der Waals surface area contributed by atoms with E-state index in [2.05, 4.69) is 19.2 Å². The highest BCUT2D eigenvalue weighted by molar-refractivity contribution is 5.85. The van der Waals surface area contributed by atoms with Crippen molar-refractivity contribution >= 4 is 11.8 Å². The first-order valence-electron chi connectivity index (χ1n) is 6.74. The number of carbonyl (C=O) groups excluding carboxylic acids is 2. The van der Waals surface area contributed by atoms with Crippen molar-refractivity contribution < 1.29 is 9.59 Å². The van der Waals surface area contributed by atoms with Crippen LogP contribution in [0.3, 0.4) is 0 Å². The summed E-state index contributed by atoms with van der Waals surface area (Å²) in [6, 6.07) is 9.86. The Balaban J connectivity index is 2.77. The molecule has 110 valence electrons. The van der Waals surface area contributed by atoms with E-state index in [0.29, 0.717) is 0 Å². The lowest BCUT2D eigenvalue weighted by Gasteiger charge is -2.32. The topological polar surface area (TPSA) is 75.4 Å². The average molecular weight is 277 g/mol. The van der Waals surface area contributed by atoms with Gasteiger partial charge in [-0.3, -0.25) is 9.59 Å². The second-order valence-corrected chi connectivity index (χ2v) is 5.09. The van der Waals surface area contributed by atoms with Gasteiger partial charge < -0.3 is 16.0 Å². The minimum Gasteiger partial charge on any atom is -0.346 e. The molecule has 0 aliphatic carbocycles. The number of benzene rings is 1. The predicted octanol–water partition coefficient (Wildman–Crippen LogP) is 0.917. The second kappa shape index (κ2) is 7.65. The van der Waals surface area contributed by atoms with Crippen molar-refractivity contribution in [1.29, 1.82) is 0 Å². The monoisotopic (exact) mass is 277 g/mol. The Hall–Kier alpha value is -1.88. The molecular weight excluding hydrogens is 254 g/mol. The van der Waals surface area contributed by atoms with Gasteiger partial charge in [0.25, 0.3) is 0 Å². The van der Waals surface area contributed by atoms with Gasteiger partial charge in [-0.15, -0.1) is 0 Å². The van der Waals surface area contributed by atoms with Gasteiger partial charge in [0.05, 0.1) is 19.1 Å². The number of hydrogen-bond donors (Lipinski definition) is 2. The number of amides is 2. The average Bonchev–Trinajstić information content (AvgIpc) is 2.45. The summed E-state index contributed by atoms with van der Waals surface area (Å²) in [4.78, 5) is 24.9. The van der Waals surface area contributed by atoms with Crippen molar-refractivity contribution in [2.24, 2.45) is 11.7 Å². The predicted molar refractivity (Wildman–Crippen MR) is 78.9 cm³/mol. The summed E-state index contributed by atoms with van der Waals surface area (Å²) >= 11 is 0. The molecular formula is C15H23N3O2. The number of nitrogens with two attached hydrogens (primary N) is 1. The Bertz CT molecular complexity index is 446. The third kappa shape index (κ3) is 4.35. The van der Waals surface area contributed by atoms with Crippen LogP contribution in [-0.2, 0) is 9.59 Å². The van der Waals surface area contributed by atoms with Crippen LogP contribution in [0.4, 0.5) is 0 Å². The molecule has 0 aromatic heterocycles. The number of hydrogen-bond acceptors (Lipinski definition) is 3. The maximum absolute atomic E-state index is 12.2. The lowest BCUT2D eigenvalue weighted by molar-refractivity contribution is -0.134. The van der Waals surface area contributed by atoms with Gasteiger partial charge in [0, 0.05) is 7.05 Å².